The molecule has 5 nitrogen and oxygen atoms in total. The van der Waals surface area contributed by atoms with Crippen molar-refractivity contribution >= 4 is 11.6 Å². The van der Waals surface area contributed by atoms with Gasteiger partial charge in [-0.05, 0) is 49.5 Å². The van der Waals surface area contributed by atoms with Crippen molar-refractivity contribution in [3.05, 3.63) is 29.2 Å². The van der Waals surface area contributed by atoms with Crippen LogP contribution >= 0.6 is 0 Å². The van der Waals surface area contributed by atoms with Gasteiger partial charge in [0.2, 0.25) is 0 Å². The molecule has 0 spiro atoms. The molecule has 26 heavy (non-hydrogen) atoms. The van der Waals surface area contributed by atoms with E-state index in [0.29, 0.717) is 23.0 Å². The number of aryl methyl sites for hydroxylation is 2. The molecule has 1 saturated carbocycles. The molecular formula is C21H30N4O. The highest BCUT2D eigenvalue weighted by Crippen LogP contribution is 2.30. The van der Waals surface area contributed by atoms with Crippen molar-refractivity contribution in [1.29, 1.82) is 0 Å². The molecule has 4 rings (SSSR count). The second-order valence-corrected chi connectivity index (χ2v) is 8.29. The summed E-state index contributed by atoms with van der Waals surface area (Å²) in [5.74, 6) is 1.16. The molecule has 0 aliphatic heterocycles. The fourth-order valence-electron chi connectivity index (χ4n) is 4.64. The highest BCUT2D eigenvalue weighted by atomic mass is 16.1. The SMILES string of the molecule is C[C@H]1[C@H](C)CCC[C@H]1NC(=O)c1cnn2c3c(cnc12)CCCCCC3. The molecule has 1 amide bonds. The minimum Gasteiger partial charge on any atom is -0.349 e. The lowest BCUT2D eigenvalue weighted by Gasteiger charge is -2.34. The summed E-state index contributed by atoms with van der Waals surface area (Å²) < 4.78 is 1.92. The van der Waals surface area contributed by atoms with E-state index >= 15 is 0 Å². The Bertz CT molecular complexity index is 797. The number of carbonyl (C=O) groups is 1. The summed E-state index contributed by atoms with van der Waals surface area (Å²) >= 11 is 0. The van der Waals surface area contributed by atoms with Gasteiger partial charge in [-0.3, -0.25) is 4.79 Å². The topological polar surface area (TPSA) is 59.3 Å². The van der Waals surface area contributed by atoms with Crippen LogP contribution in [0.5, 0.6) is 0 Å². The highest BCUT2D eigenvalue weighted by Gasteiger charge is 2.29. The summed E-state index contributed by atoms with van der Waals surface area (Å²) in [4.78, 5) is 17.5. The van der Waals surface area contributed by atoms with Crippen LogP contribution in [-0.2, 0) is 12.8 Å². The van der Waals surface area contributed by atoms with Crippen molar-refractivity contribution in [3.8, 4) is 0 Å². The molecule has 0 aromatic carbocycles. The summed E-state index contributed by atoms with van der Waals surface area (Å²) in [6.45, 7) is 4.55. The fraction of sp³-hybridized carbons (Fsp3) is 0.667. The molecule has 2 aliphatic rings. The average Bonchev–Trinajstić information content (AvgIpc) is 3.03. The van der Waals surface area contributed by atoms with Gasteiger partial charge in [-0.15, -0.1) is 0 Å². The van der Waals surface area contributed by atoms with Crippen molar-refractivity contribution in [2.75, 3.05) is 0 Å². The minimum atomic E-state index is -0.0238. The molecule has 2 aromatic heterocycles. The molecule has 0 saturated heterocycles. The quantitative estimate of drug-likeness (QED) is 0.888. The Hall–Kier alpha value is -1.91. The van der Waals surface area contributed by atoms with E-state index in [2.05, 4.69) is 29.2 Å². The number of nitrogens with one attached hydrogen (secondary N) is 1. The lowest BCUT2D eigenvalue weighted by molar-refractivity contribution is 0.0892. The molecule has 0 bridgehead atoms. The normalized spacial score (nSPS) is 26.8. The first kappa shape index (κ1) is 17.5. The molecule has 1 N–H and O–H groups in total. The highest BCUT2D eigenvalue weighted by molar-refractivity contribution is 5.99. The van der Waals surface area contributed by atoms with Gasteiger partial charge in [0, 0.05) is 17.9 Å². The predicted octanol–water partition coefficient (Wildman–Crippen LogP) is 3.94. The van der Waals surface area contributed by atoms with Crippen molar-refractivity contribution in [2.45, 2.75) is 77.7 Å². The number of aromatic nitrogens is 3. The Morgan fingerprint density at radius 3 is 2.73 bits per heavy atom. The number of rotatable bonds is 2. The molecule has 0 unspecified atom stereocenters. The third-order valence-electron chi connectivity index (χ3n) is 6.59. The molecule has 140 valence electrons. The van der Waals surface area contributed by atoms with Gasteiger partial charge in [0.25, 0.3) is 5.91 Å². The van der Waals surface area contributed by atoms with E-state index in [0.717, 1.165) is 19.3 Å². The van der Waals surface area contributed by atoms with E-state index < -0.39 is 0 Å². The maximum Gasteiger partial charge on any atom is 0.256 e. The Kier molecular flexibility index (Phi) is 4.96. The van der Waals surface area contributed by atoms with Crippen LogP contribution in [-0.4, -0.2) is 26.5 Å². The summed E-state index contributed by atoms with van der Waals surface area (Å²) in [5, 5.41) is 7.81. The maximum absolute atomic E-state index is 12.9. The van der Waals surface area contributed by atoms with Crippen LogP contribution in [0.4, 0.5) is 0 Å². The molecule has 1 fully saturated rings. The number of carbonyl (C=O) groups excluding carboxylic acids is 1. The Labute approximate surface area is 155 Å². The van der Waals surface area contributed by atoms with E-state index in [-0.39, 0.29) is 11.9 Å². The van der Waals surface area contributed by atoms with Crippen LogP contribution in [0.1, 0.15) is 80.4 Å². The van der Waals surface area contributed by atoms with E-state index in [1.54, 1.807) is 6.20 Å². The van der Waals surface area contributed by atoms with Crippen molar-refractivity contribution in [1.82, 2.24) is 19.9 Å². The Balaban J connectivity index is 1.60. The number of hydrogen-bond donors (Lipinski definition) is 1. The first-order valence-corrected chi connectivity index (χ1v) is 10.3. The second-order valence-electron chi connectivity index (χ2n) is 8.29. The molecule has 3 atom stereocenters. The summed E-state index contributed by atoms with van der Waals surface area (Å²) in [7, 11) is 0. The third-order valence-corrected chi connectivity index (χ3v) is 6.59. The molecular weight excluding hydrogens is 324 g/mol. The van der Waals surface area contributed by atoms with Gasteiger partial charge in [-0.2, -0.15) is 5.10 Å². The van der Waals surface area contributed by atoms with Crippen LogP contribution in [0.25, 0.3) is 5.65 Å². The number of amides is 1. The van der Waals surface area contributed by atoms with Gasteiger partial charge in [-0.1, -0.05) is 39.5 Å². The lowest BCUT2D eigenvalue weighted by Crippen LogP contribution is -2.43. The molecule has 5 heteroatoms. The molecule has 2 aliphatic carbocycles. The largest absolute Gasteiger partial charge is 0.349 e. The molecule has 2 aromatic rings. The number of hydrogen-bond acceptors (Lipinski definition) is 3. The van der Waals surface area contributed by atoms with Gasteiger partial charge in [0.1, 0.15) is 5.56 Å². The predicted molar refractivity (Wildman–Crippen MR) is 102 cm³/mol. The first-order chi connectivity index (χ1) is 12.6. The Morgan fingerprint density at radius 1 is 1.08 bits per heavy atom. The molecule has 2 heterocycles. The summed E-state index contributed by atoms with van der Waals surface area (Å²) in [6, 6.07) is 0.255. The van der Waals surface area contributed by atoms with E-state index in [1.807, 2.05) is 10.7 Å². The van der Waals surface area contributed by atoms with E-state index in [4.69, 9.17) is 0 Å². The molecule has 0 radical (unpaired) electrons. The lowest BCUT2D eigenvalue weighted by atomic mass is 9.78. The first-order valence-electron chi connectivity index (χ1n) is 10.3. The smallest absolute Gasteiger partial charge is 0.256 e. The number of nitrogens with zero attached hydrogens (tertiary/aromatic N) is 3. The van der Waals surface area contributed by atoms with Crippen LogP contribution in [0, 0.1) is 11.8 Å². The van der Waals surface area contributed by atoms with E-state index in [1.165, 1.54) is 49.8 Å². The summed E-state index contributed by atoms with van der Waals surface area (Å²) in [6.07, 6.45) is 14.3. The van der Waals surface area contributed by atoms with E-state index in [9.17, 15) is 4.79 Å². The van der Waals surface area contributed by atoms with Gasteiger partial charge < -0.3 is 5.32 Å². The number of fused-ring (bicyclic) bond motifs is 3. The fourth-order valence-corrected chi connectivity index (χ4v) is 4.64. The zero-order valence-corrected chi connectivity index (χ0v) is 16.0. The monoisotopic (exact) mass is 354 g/mol. The second kappa shape index (κ2) is 7.37. The average molecular weight is 354 g/mol. The minimum absolute atomic E-state index is 0.0238. The van der Waals surface area contributed by atoms with Crippen LogP contribution in [0.2, 0.25) is 0 Å². The van der Waals surface area contributed by atoms with Crippen molar-refractivity contribution < 1.29 is 4.79 Å². The zero-order chi connectivity index (χ0) is 18.1. The Morgan fingerprint density at radius 2 is 1.88 bits per heavy atom. The van der Waals surface area contributed by atoms with Crippen LogP contribution < -0.4 is 5.32 Å². The van der Waals surface area contributed by atoms with Crippen LogP contribution in [0.3, 0.4) is 0 Å². The maximum atomic E-state index is 12.9. The van der Waals surface area contributed by atoms with Gasteiger partial charge in [-0.25, -0.2) is 9.50 Å². The van der Waals surface area contributed by atoms with Gasteiger partial charge in [0.15, 0.2) is 5.65 Å². The van der Waals surface area contributed by atoms with Crippen molar-refractivity contribution in [2.24, 2.45) is 11.8 Å². The van der Waals surface area contributed by atoms with Crippen molar-refractivity contribution in [3.63, 3.8) is 0 Å². The standard InChI is InChI=1S/C21H30N4O/c1-14-8-7-10-18(15(14)2)24-21(26)17-13-23-25-19-11-6-4-3-5-9-16(19)12-22-20(17)25/h12-15,18H,3-11H2,1-2H3,(H,24,26)/t14-,15+,18-/m1/s1. The zero-order valence-electron chi connectivity index (χ0n) is 16.0. The van der Waals surface area contributed by atoms with Crippen LogP contribution in [0.15, 0.2) is 12.4 Å². The van der Waals surface area contributed by atoms with Gasteiger partial charge in [0.05, 0.1) is 6.20 Å². The third kappa shape index (κ3) is 3.24. The van der Waals surface area contributed by atoms with Gasteiger partial charge >= 0.3 is 0 Å². The summed E-state index contributed by atoms with van der Waals surface area (Å²) in [5.41, 5.74) is 3.86.